The minimum absolute atomic E-state index is 0.00846. The van der Waals surface area contributed by atoms with Crippen molar-refractivity contribution in [1.29, 1.82) is 0 Å². The number of anilines is 1. The highest BCUT2D eigenvalue weighted by atomic mass is 16.2. The lowest BCUT2D eigenvalue weighted by Gasteiger charge is -2.31. The predicted molar refractivity (Wildman–Crippen MR) is 162 cm³/mol. The van der Waals surface area contributed by atoms with E-state index in [9.17, 15) is 9.59 Å². The van der Waals surface area contributed by atoms with Crippen LogP contribution in [0.3, 0.4) is 0 Å². The summed E-state index contributed by atoms with van der Waals surface area (Å²) < 4.78 is 0. The molecular formula is C34H40N4O2. The number of hydrogen-bond donors (Lipinski definition) is 2. The molecule has 5 rings (SSSR count). The van der Waals surface area contributed by atoms with E-state index in [4.69, 9.17) is 4.99 Å². The Labute approximate surface area is 237 Å². The number of hydrogen-bond acceptors (Lipinski definition) is 4. The molecule has 1 fully saturated rings. The van der Waals surface area contributed by atoms with Gasteiger partial charge in [-0.05, 0) is 72.8 Å². The molecule has 1 heterocycles. The summed E-state index contributed by atoms with van der Waals surface area (Å²) in [5, 5.41) is 6.51. The Morgan fingerprint density at radius 2 is 1.73 bits per heavy atom. The van der Waals surface area contributed by atoms with Crippen molar-refractivity contribution in [2.24, 2.45) is 4.99 Å². The molecule has 0 saturated heterocycles. The van der Waals surface area contributed by atoms with Crippen LogP contribution in [-0.2, 0) is 11.3 Å². The molecule has 6 nitrogen and oxygen atoms in total. The van der Waals surface area contributed by atoms with Crippen LogP contribution in [0.2, 0.25) is 0 Å². The number of benzene rings is 3. The van der Waals surface area contributed by atoms with Crippen LogP contribution in [0.1, 0.15) is 84.8 Å². The first-order valence-corrected chi connectivity index (χ1v) is 14.7. The number of fused-ring (bicyclic) bond motifs is 1. The summed E-state index contributed by atoms with van der Waals surface area (Å²) in [6.07, 6.45) is 8.02. The highest BCUT2D eigenvalue weighted by Crippen LogP contribution is 2.37. The number of nitrogens with one attached hydrogen (secondary N) is 2. The number of carbonyl (C=O) groups excluding carboxylic acids is 2. The predicted octanol–water partition coefficient (Wildman–Crippen LogP) is 6.84. The maximum atomic E-state index is 13.5. The molecule has 0 spiro atoms. The van der Waals surface area contributed by atoms with Crippen molar-refractivity contribution >= 4 is 28.9 Å². The lowest BCUT2D eigenvalue weighted by atomic mass is 9.89. The van der Waals surface area contributed by atoms with Crippen LogP contribution < -0.4 is 10.6 Å². The second kappa shape index (κ2) is 13.1. The van der Waals surface area contributed by atoms with Crippen LogP contribution in [0.4, 0.5) is 11.4 Å². The maximum Gasteiger partial charge on any atom is 0.253 e. The molecule has 6 heteroatoms. The molecule has 3 aromatic rings. The standard InChI is InChI=1S/C34H40N4O2/c1-3-4-21-35-23-24-15-18-27(19-16-24)36-32(25-11-7-5-8-12-25)31-29-22-26(17-20-30(29)37-33(31)39)34(40)38(2)28-13-9-6-10-14-28/h5,7-8,11-12,15-20,22,28,31,35H,3-4,6,9-10,13-14,21,23H2,1-2H3,(H,37,39). The van der Waals surface area contributed by atoms with E-state index in [1.165, 1.54) is 31.2 Å². The fraction of sp³-hybridized carbons (Fsp3) is 0.382. The normalized spacial score (nSPS) is 17.4. The Morgan fingerprint density at radius 1 is 0.975 bits per heavy atom. The van der Waals surface area contributed by atoms with E-state index in [0.717, 1.165) is 54.9 Å². The number of nitrogens with zero attached hydrogens (tertiary/aromatic N) is 2. The molecule has 0 bridgehead atoms. The number of rotatable bonds is 10. The van der Waals surface area contributed by atoms with Crippen molar-refractivity contribution in [3.05, 3.63) is 95.1 Å². The lowest BCUT2D eigenvalue weighted by molar-refractivity contribution is -0.115. The second-order valence-corrected chi connectivity index (χ2v) is 11.0. The van der Waals surface area contributed by atoms with E-state index in [0.29, 0.717) is 11.3 Å². The highest BCUT2D eigenvalue weighted by molar-refractivity contribution is 6.24. The maximum absolute atomic E-state index is 13.5. The van der Waals surface area contributed by atoms with Crippen molar-refractivity contribution in [1.82, 2.24) is 10.2 Å². The highest BCUT2D eigenvalue weighted by Gasteiger charge is 2.36. The van der Waals surface area contributed by atoms with Gasteiger partial charge in [0.1, 0.15) is 5.92 Å². The van der Waals surface area contributed by atoms with Gasteiger partial charge in [-0.3, -0.25) is 14.6 Å². The minimum Gasteiger partial charge on any atom is -0.339 e. The van der Waals surface area contributed by atoms with Gasteiger partial charge in [-0.1, -0.05) is 75.1 Å². The van der Waals surface area contributed by atoms with Gasteiger partial charge in [0.15, 0.2) is 0 Å². The van der Waals surface area contributed by atoms with E-state index >= 15 is 0 Å². The van der Waals surface area contributed by atoms with Gasteiger partial charge >= 0.3 is 0 Å². The van der Waals surface area contributed by atoms with Gasteiger partial charge in [0.25, 0.3) is 5.91 Å². The van der Waals surface area contributed by atoms with Crippen molar-refractivity contribution in [2.75, 3.05) is 18.9 Å². The van der Waals surface area contributed by atoms with Crippen molar-refractivity contribution in [3.8, 4) is 0 Å². The number of unbranched alkanes of at least 4 members (excludes halogenated alkanes) is 1. The minimum atomic E-state index is -0.611. The van der Waals surface area contributed by atoms with E-state index < -0.39 is 5.92 Å². The summed E-state index contributed by atoms with van der Waals surface area (Å²) in [6, 6.07) is 23.9. The molecule has 208 valence electrons. The van der Waals surface area contributed by atoms with Gasteiger partial charge in [0, 0.05) is 30.9 Å². The van der Waals surface area contributed by atoms with Gasteiger partial charge in [0.2, 0.25) is 5.91 Å². The monoisotopic (exact) mass is 536 g/mol. The van der Waals surface area contributed by atoms with Crippen LogP contribution in [-0.4, -0.2) is 42.1 Å². The molecule has 3 aromatic carbocycles. The first-order chi connectivity index (χ1) is 19.5. The summed E-state index contributed by atoms with van der Waals surface area (Å²) in [5.74, 6) is -0.728. The molecule has 40 heavy (non-hydrogen) atoms. The SMILES string of the molecule is CCCCNCc1ccc(N=C(c2ccccc2)C2C(=O)Nc3ccc(C(=O)N(C)C4CCCCC4)cc32)cc1. The van der Waals surface area contributed by atoms with Crippen LogP contribution in [0, 0.1) is 0 Å². The Bertz CT molecular complexity index is 1340. The third kappa shape index (κ3) is 6.34. The molecular weight excluding hydrogens is 496 g/mol. The Balaban J connectivity index is 1.45. The number of amides is 2. The molecule has 2 amide bonds. The van der Waals surface area contributed by atoms with Gasteiger partial charge < -0.3 is 15.5 Å². The van der Waals surface area contributed by atoms with Crippen LogP contribution in [0.25, 0.3) is 0 Å². The van der Waals surface area contributed by atoms with Gasteiger partial charge in [-0.15, -0.1) is 0 Å². The van der Waals surface area contributed by atoms with Gasteiger partial charge in [-0.2, -0.15) is 0 Å². The first kappa shape index (κ1) is 27.8. The van der Waals surface area contributed by atoms with Crippen LogP contribution in [0.5, 0.6) is 0 Å². The van der Waals surface area contributed by atoms with Gasteiger partial charge in [0.05, 0.1) is 11.4 Å². The summed E-state index contributed by atoms with van der Waals surface area (Å²) in [4.78, 5) is 33.8. The molecule has 2 aliphatic rings. The van der Waals surface area contributed by atoms with Crippen molar-refractivity contribution < 1.29 is 9.59 Å². The summed E-state index contributed by atoms with van der Waals surface area (Å²) in [7, 11) is 1.91. The molecule has 1 aliphatic heterocycles. The zero-order valence-electron chi connectivity index (χ0n) is 23.7. The Hall–Kier alpha value is -3.77. The van der Waals surface area contributed by atoms with Crippen LogP contribution in [0.15, 0.2) is 77.8 Å². The fourth-order valence-electron chi connectivity index (χ4n) is 5.77. The zero-order valence-corrected chi connectivity index (χ0v) is 23.7. The van der Waals surface area contributed by atoms with E-state index in [2.05, 4.69) is 29.7 Å². The molecule has 0 radical (unpaired) electrons. The van der Waals surface area contributed by atoms with Crippen LogP contribution >= 0.6 is 0 Å². The summed E-state index contributed by atoms with van der Waals surface area (Å²) in [6.45, 7) is 4.02. The third-order valence-electron chi connectivity index (χ3n) is 8.14. The first-order valence-electron chi connectivity index (χ1n) is 14.7. The molecule has 2 N–H and O–H groups in total. The third-order valence-corrected chi connectivity index (χ3v) is 8.14. The molecule has 1 unspecified atom stereocenters. The molecule has 1 atom stereocenters. The van der Waals surface area contributed by atoms with Crippen molar-refractivity contribution in [3.63, 3.8) is 0 Å². The molecule has 0 aromatic heterocycles. The topological polar surface area (TPSA) is 73.8 Å². The van der Waals surface area contributed by atoms with E-state index in [1.807, 2.05) is 72.6 Å². The Kier molecular flexibility index (Phi) is 9.07. The lowest BCUT2D eigenvalue weighted by Crippen LogP contribution is -2.38. The summed E-state index contributed by atoms with van der Waals surface area (Å²) in [5.41, 5.74) is 5.71. The smallest absolute Gasteiger partial charge is 0.253 e. The fourth-order valence-corrected chi connectivity index (χ4v) is 5.77. The largest absolute Gasteiger partial charge is 0.339 e. The number of carbonyl (C=O) groups is 2. The Morgan fingerprint density at radius 3 is 2.45 bits per heavy atom. The van der Waals surface area contributed by atoms with E-state index in [-0.39, 0.29) is 17.9 Å². The summed E-state index contributed by atoms with van der Waals surface area (Å²) >= 11 is 0. The second-order valence-electron chi connectivity index (χ2n) is 11.0. The average molecular weight is 537 g/mol. The molecule has 1 saturated carbocycles. The van der Waals surface area contributed by atoms with E-state index in [1.54, 1.807) is 0 Å². The molecule has 1 aliphatic carbocycles. The average Bonchev–Trinajstić information content (AvgIpc) is 3.33. The zero-order chi connectivity index (χ0) is 27.9. The number of aliphatic imine (C=N–C) groups is 1. The van der Waals surface area contributed by atoms with Crippen molar-refractivity contribution in [2.45, 2.75) is 70.4 Å². The quantitative estimate of drug-likeness (QED) is 0.220. The van der Waals surface area contributed by atoms with Gasteiger partial charge in [-0.25, -0.2) is 0 Å².